The topological polar surface area (TPSA) is 105 Å². The minimum absolute atomic E-state index is 0.325. The molecule has 90 valence electrons. The van der Waals surface area contributed by atoms with Gasteiger partial charge in [-0.3, -0.25) is 0 Å². The molecular weight excluding hydrogens is 232 g/mol. The van der Waals surface area contributed by atoms with Crippen LogP contribution >= 0.6 is 0 Å². The number of primary sulfonamides is 1. The Balaban J connectivity index is 3.31. The summed E-state index contributed by atoms with van der Waals surface area (Å²) in [6, 6.07) is 3.04. The van der Waals surface area contributed by atoms with E-state index < -0.39 is 10.0 Å². The van der Waals surface area contributed by atoms with Crippen LogP contribution in [0.25, 0.3) is 0 Å². The Morgan fingerprint density at radius 2 is 1.88 bits per heavy atom. The van der Waals surface area contributed by atoms with Crippen LogP contribution in [0.15, 0.2) is 12.1 Å². The van der Waals surface area contributed by atoms with Crippen molar-refractivity contribution < 1.29 is 17.9 Å². The van der Waals surface area contributed by atoms with E-state index in [1.807, 2.05) is 0 Å². The van der Waals surface area contributed by atoms with Gasteiger partial charge in [0.2, 0.25) is 10.0 Å². The lowest BCUT2D eigenvalue weighted by Crippen LogP contribution is -2.15. The molecule has 1 aromatic rings. The Morgan fingerprint density at radius 3 is 2.31 bits per heavy atom. The van der Waals surface area contributed by atoms with E-state index in [1.165, 1.54) is 20.3 Å². The first-order valence-electron chi connectivity index (χ1n) is 4.38. The SMILES string of the molecule is COc1cc(N)cc(CS(N)(=O)=O)c1OC. The summed E-state index contributed by atoms with van der Waals surface area (Å²) < 4.78 is 32.1. The van der Waals surface area contributed by atoms with Gasteiger partial charge in [0, 0.05) is 17.3 Å². The van der Waals surface area contributed by atoms with Crippen molar-refractivity contribution in [2.75, 3.05) is 20.0 Å². The van der Waals surface area contributed by atoms with Gasteiger partial charge in [-0.05, 0) is 6.07 Å². The fraction of sp³-hybridized carbons (Fsp3) is 0.333. The van der Waals surface area contributed by atoms with Gasteiger partial charge in [0.05, 0.1) is 20.0 Å². The fourth-order valence-electron chi connectivity index (χ4n) is 1.39. The molecule has 0 aliphatic rings. The molecule has 0 atom stereocenters. The van der Waals surface area contributed by atoms with Gasteiger partial charge in [-0.1, -0.05) is 0 Å². The molecule has 0 aliphatic carbocycles. The molecule has 0 saturated carbocycles. The second-order valence-corrected chi connectivity index (χ2v) is 4.84. The third-order valence-corrected chi connectivity index (χ3v) is 2.65. The third-order valence-electron chi connectivity index (χ3n) is 1.93. The fourth-order valence-corrected chi connectivity index (χ4v) is 2.04. The van der Waals surface area contributed by atoms with Crippen molar-refractivity contribution in [2.24, 2.45) is 5.14 Å². The summed E-state index contributed by atoms with van der Waals surface area (Å²) in [6.45, 7) is 0. The summed E-state index contributed by atoms with van der Waals surface area (Å²) in [6.07, 6.45) is 0. The smallest absolute Gasteiger partial charge is 0.213 e. The maximum atomic E-state index is 11.0. The zero-order valence-electron chi connectivity index (χ0n) is 9.06. The van der Waals surface area contributed by atoms with Gasteiger partial charge in [-0.15, -0.1) is 0 Å². The Kier molecular flexibility index (Phi) is 3.61. The number of hydrogen-bond acceptors (Lipinski definition) is 5. The van der Waals surface area contributed by atoms with Crippen molar-refractivity contribution in [2.45, 2.75) is 5.75 Å². The number of ether oxygens (including phenoxy) is 2. The summed E-state index contributed by atoms with van der Waals surface area (Å²) in [5.41, 5.74) is 6.37. The quantitative estimate of drug-likeness (QED) is 0.732. The highest BCUT2D eigenvalue weighted by Crippen LogP contribution is 2.34. The van der Waals surface area contributed by atoms with Crippen molar-refractivity contribution >= 4 is 15.7 Å². The summed E-state index contributed by atoms with van der Waals surface area (Å²) in [7, 11) is -0.783. The molecule has 0 saturated heterocycles. The van der Waals surface area contributed by atoms with Crippen LogP contribution < -0.4 is 20.3 Å². The van der Waals surface area contributed by atoms with Gasteiger partial charge in [0.1, 0.15) is 0 Å². The average Bonchev–Trinajstić information content (AvgIpc) is 2.14. The number of methoxy groups -OCH3 is 2. The molecule has 0 heterocycles. The molecule has 16 heavy (non-hydrogen) atoms. The number of anilines is 1. The first-order valence-corrected chi connectivity index (χ1v) is 6.09. The van der Waals surface area contributed by atoms with Crippen LogP contribution in [0.2, 0.25) is 0 Å². The Labute approximate surface area is 94.2 Å². The van der Waals surface area contributed by atoms with E-state index in [2.05, 4.69) is 0 Å². The summed E-state index contributed by atoms with van der Waals surface area (Å²) in [4.78, 5) is 0. The van der Waals surface area contributed by atoms with Crippen LogP contribution in [0.3, 0.4) is 0 Å². The molecule has 1 aromatic carbocycles. The molecule has 4 N–H and O–H groups in total. The molecule has 0 bridgehead atoms. The number of nitrogens with two attached hydrogens (primary N) is 2. The molecule has 0 fully saturated rings. The third kappa shape index (κ3) is 3.01. The zero-order valence-corrected chi connectivity index (χ0v) is 9.87. The highest BCUT2D eigenvalue weighted by molar-refractivity contribution is 7.88. The van der Waals surface area contributed by atoms with Gasteiger partial charge in [0.15, 0.2) is 11.5 Å². The standard InChI is InChI=1S/C9H14N2O4S/c1-14-8-4-7(10)3-6(9(8)15-2)5-16(11,12)13/h3-4H,5,10H2,1-2H3,(H2,11,12,13). The van der Waals surface area contributed by atoms with E-state index >= 15 is 0 Å². The summed E-state index contributed by atoms with van der Waals surface area (Å²) in [5, 5.41) is 4.97. The van der Waals surface area contributed by atoms with Crippen molar-refractivity contribution in [3.8, 4) is 11.5 Å². The predicted molar refractivity (Wildman–Crippen MR) is 60.8 cm³/mol. The van der Waals surface area contributed by atoms with E-state index in [-0.39, 0.29) is 5.75 Å². The van der Waals surface area contributed by atoms with Crippen molar-refractivity contribution in [3.05, 3.63) is 17.7 Å². The van der Waals surface area contributed by atoms with E-state index in [0.717, 1.165) is 0 Å². The van der Waals surface area contributed by atoms with Crippen molar-refractivity contribution in [1.29, 1.82) is 0 Å². The van der Waals surface area contributed by atoms with E-state index in [1.54, 1.807) is 6.07 Å². The molecular formula is C9H14N2O4S. The highest BCUT2D eigenvalue weighted by atomic mass is 32.2. The first kappa shape index (κ1) is 12.6. The molecule has 0 aromatic heterocycles. The second kappa shape index (κ2) is 4.58. The van der Waals surface area contributed by atoms with E-state index in [4.69, 9.17) is 20.3 Å². The Hall–Kier alpha value is -1.47. The number of rotatable bonds is 4. The van der Waals surface area contributed by atoms with Crippen molar-refractivity contribution in [3.63, 3.8) is 0 Å². The largest absolute Gasteiger partial charge is 0.493 e. The molecule has 1 rings (SSSR count). The number of benzene rings is 1. The van der Waals surface area contributed by atoms with Gasteiger partial charge in [-0.2, -0.15) is 0 Å². The molecule has 0 spiro atoms. The van der Waals surface area contributed by atoms with Crippen LogP contribution in [0, 0.1) is 0 Å². The number of nitrogen functional groups attached to an aromatic ring is 1. The second-order valence-electron chi connectivity index (χ2n) is 3.22. The lowest BCUT2D eigenvalue weighted by atomic mass is 10.2. The van der Waals surface area contributed by atoms with E-state index in [9.17, 15) is 8.42 Å². The molecule has 6 nitrogen and oxygen atoms in total. The molecule has 0 amide bonds. The van der Waals surface area contributed by atoms with Gasteiger partial charge in [0.25, 0.3) is 0 Å². The van der Waals surface area contributed by atoms with Gasteiger partial charge < -0.3 is 15.2 Å². The van der Waals surface area contributed by atoms with Crippen molar-refractivity contribution in [1.82, 2.24) is 0 Å². The maximum absolute atomic E-state index is 11.0. The first-order chi connectivity index (χ1) is 7.37. The molecule has 0 unspecified atom stereocenters. The minimum atomic E-state index is -3.64. The minimum Gasteiger partial charge on any atom is -0.493 e. The van der Waals surface area contributed by atoms with Gasteiger partial charge in [-0.25, -0.2) is 13.6 Å². The Morgan fingerprint density at radius 1 is 1.25 bits per heavy atom. The lowest BCUT2D eigenvalue weighted by Gasteiger charge is -2.13. The average molecular weight is 246 g/mol. The van der Waals surface area contributed by atoms with Crippen LogP contribution in [0.5, 0.6) is 11.5 Å². The van der Waals surface area contributed by atoms with Crippen LogP contribution in [0.4, 0.5) is 5.69 Å². The monoisotopic (exact) mass is 246 g/mol. The highest BCUT2D eigenvalue weighted by Gasteiger charge is 2.15. The summed E-state index contributed by atoms with van der Waals surface area (Å²) >= 11 is 0. The lowest BCUT2D eigenvalue weighted by molar-refractivity contribution is 0.353. The van der Waals surface area contributed by atoms with Crippen LogP contribution in [0.1, 0.15) is 5.56 Å². The molecule has 0 radical (unpaired) electrons. The predicted octanol–water partition coefficient (Wildman–Crippen LogP) is 0.0745. The van der Waals surface area contributed by atoms with Crippen LogP contribution in [-0.4, -0.2) is 22.6 Å². The zero-order chi connectivity index (χ0) is 12.3. The number of hydrogen-bond donors (Lipinski definition) is 2. The normalized spacial score (nSPS) is 11.2. The molecule has 7 heteroatoms. The number of sulfonamides is 1. The maximum Gasteiger partial charge on any atom is 0.213 e. The van der Waals surface area contributed by atoms with Crippen LogP contribution in [-0.2, 0) is 15.8 Å². The molecule has 0 aliphatic heterocycles. The van der Waals surface area contributed by atoms with E-state index in [0.29, 0.717) is 22.7 Å². The van der Waals surface area contributed by atoms with Gasteiger partial charge >= 0.3 is 0 Å². The Bertz CT molecular complexity index is 485. The summed E-state index contributed by atoms with van der Waals surface area (Å²) in [5.74, 6) is 0.351.